The number of rotatable bonds is 6. The highest BCUT2D eigenvalue weighted by molar-refractivity contribution is 7.99. The van der Waals surface area contributed by atoms with E-state index in [0.717, 1.165) is 37.7 Å². The third-order valence-corrected chi connectivity index (χ3v) is 7.84. The van der Waals surface area contributed by atoms with Gasteiger partial charge in [0.05, 0.1) is 22.2 Å². The second-order valence-corrected chi connectivity index (χ2v) is 9.76. The predicted molar refractivity (Wildman–Crippen MR) is 126 cm³/mol. The number of hydrogen-bond acceptors (Lipinski definition) is 6. The zero-order chi connectivity index (χ0) is 22.0. The lowest BCUT2D eigenvalue weighted by Gasteiger charge is -2.18. The molecule has 1 aliphatic carbocycles. The van der Waals surface area contributed by atoms with Crippen LogP contribution in [-0.2, 0) is 17.6 Å². The highest BCUT2D eigenvalue weighted by Crippen LogP contribution is 2.37. The average molecular weight is 453 g/mol. The molecule has 160 valence electrons. The summed E-state index contributed by atoms with van der Waals surface area (Å²) in [5.41, 5.74) is 2.26. The highest BCUT2D eigenvalue weighted by atomic mass is 32.2. The molecule has 0 fully saturated rings. The van der Waals surface area contributed by atoms with Crippen LogP contribution in [0.2, 0.25) is 0 Å². The van der Waals surface area contributed by atoms with Gasteiger partial charge < -0.3 is 5.32 Å². The smallest absolute Gasteiger partial charge is 0.262 e. The number of hydrogen-bond donors (Lipinski definition) is 1. The van der Waals surface area contributed by atoms with E-state index in [1.54, 1.807) is 10.6 Å². The van der Waals surface area contributed by atoms with Crippen LogP contribution in [0, 0.1) is 11.3 Å². The molecule has 4 rings (SSSR count). The van der Waals surface area contributed by atoms with Crippen molar-refractivity contribution in [1.82, 2.24) is 9.55 Å². The van der Waals surface area contributed by atoms with Crippen molar-refractivity contribution < 1.29 is 4.79 Å². The number of para-hydroxylation sites is 1. The van der Waals surface area contributed by atoms with Gasteiger partial charge in [0, 0.05) is 10.9 Å². The molecular weight excluding hydrogens is 428 g/mol. The lowest BCUT2D eigenvalue weighted by molar-refractivity contribution is -0.113. The van der Waals surface area contributed by atoms with E-state index >= 15 is 0 Å². The first-order valence-corrected chi connectivity index (χ1v) is 12.3. The number of benzene rings is 1. The van der Waals surface area contributed by atoms with Gasteiger partial charge >= 0.3 is 0 Å². The van der Waals surface area contributed by atoms with E-state index in [2.05, 4.69) is 16.4 Å². The topological polar surface area (TPSA) is 87.8 Å². The second kappa shape index (κ2) is 9.25. The summed E-state index contributed by atoms with van der Waals surface area (Å²) in [5.74, 6) is -0.0764. The number of anilines is 1. The molecule has 6 nitrogen and oxygen atoms in total. The molecule has 0 spiro atoms. The third kappa shape index (κ3) is 4.25. The molecule has 0 bridgehead atoms. The normalized spacial score (nSPS) is 14.1. The monoisotopic (exact) mass is 452 g/mol. The number of amides is 1. The number of thiophene rings is 1. The van der Waals surface area contributed by atoms with Crippen molar-refractivity contribution in [3.8, 4) is 6.07 Å². The van der Waals surface area contributed by atoms with Gasteiger partial charge in [-0.3, -0.25) is 14.2 Å². The van der Waals surface area contributed by atoms with E-state index in [1.807, 2.05) is 32.0 Å². The van der Waals surface area contributed by atoms with Gasteiger partial charge in [-0.2, -0.15) is 5.26 Å². The van der Waals surface area contributed by atoms with Crippen LogP contribution in [0.3, 0.4) is 0 Å². The van der Waals surface area contributed by atoms with Gasteiger partial charge in [-0.25, -0.2) is 4.98 Å². The Morgan fingerprint density at radius 3 is 2.90 bits per heavy atom. The molecule has 0 saturated heterocycles. The van der Waals surface area contributed by atoms with Crippen molar-refractivity contribution in [2.75, 3.05) is 11.1 Å². The van der Waals surface area contributed by atoms with Crippen LogP contribution in [0.15, 0.2) is 34.2 Å². The number of nitrogens with zero attached hydrogens (tertiary/aromatic N) is 3. The minimum atomic E-state index is -0.196. The van der Waals surface area contributed by atoms with Crippen LogP contribution < -0.4 is 10.9 Å². The van der Waals surface area contributed by atoms with Crippen LogP contribution in [0.25, 0.3) is 10.9 Å². The number of fused-ring (bicyclic) bond motifs is 2. The number of carbonyl (C=O) groups is 1. The fourth-order valence-corrected chi connectivity index (χ4v) is 6.02. The number of aryl methyl sites for hydroxylation is 1. The van der Waals surface area contributed by atoms with Gasteiger partial charge in [-0.05, 0) is 56.7 Å². The molecule has 1 aromatic carbocycles. The van der Waals surface area contributed by atoms with Crippen molar-refractivity contribution in [1.29, 1.82) is 5.26 Å². The molecule has 0 aliphatic heterocycles. The summed E-state index contributed by atoms with van der Waals surface area (Å²) in [6.45, 7) is 4.01. The Morgan fingerprint density at radius 2 is 2.13 bits per heavy atom. The Balaban J connectivity index is 1.57. The average Bonchev–Trinajstić information content (AvgIpc) is 3.14. The molecule has 2 aromatic heterocycles. The highest BCUT2D eigenvalue weighted by Gasteiger charge is 2.22. The van der Waals surface area contributed by atoms with Crippen molar-refractivity contribution in [3.05, 3.63) is 50.6 Å². The van der Waals surface area contributed by atoms with E-state index in [4.69, 9.17) is 0 Å². The Hall–Kier alpha value is -2.63. The van der Waals surface area contributed by atoms with E-state index in [-0.39, 0.29) is 23.3 Å². The number of nitriles is 1. The molecule has 1 N–H and O–H groups in total. The molecule has 0 saturated carbocycles. The predicted octanol–water partition coefficient (Wildman–Crippen LogP) is 4.91. The maximum Gasteiger partial charge on any atom is 0.262 e. The molecule has 0 radical (unpaired) electrons. The fraction of sp³-hybridized carbons (Fsp3) is 0.391. The molecule has 1 amide bonds. The van der Waals surface area contributed by atoms with Crippen molar-refractivity contribution in [2.24, 2.45) is 0 Å². The van der Waals surface area contributed by atoms with Crippen LogP contribution in [0.1, 0.15) is 55.2 Å². The first-order valence-electron chi connectivity index (χ1n) is 10.5. The summed E-state index contributed by atoms with van der Waals surface area (Å²) >= 11 is 2.77. The number of carbonyl (C=O) groups excluding carboxylic acids is 1. The summed E-state index contributed by atoms with van der Waals surface area (Å²) < 4.78 is 1.69. The standard InChI is InChI=1S/C23H24N4O2S2/c1-3-14(2)27-22(29)16-9-4-6-10-18(16)25-23(27)30-13-20(28)26-21-17(12-24)15-8-5-7-11-19(15)31-21/h4,6,9-10,14H,3,5,7-8,11,13H2,1-2H3,(H,26,28). The van der Waals surface area contributed by atoms with Crippen LogP contribution in [0.5, 0.6) is 0 Å². The zero-order valence-electron chi connectivity index (χ0n) is 17.6. The van der Waals surface area contributed by atoms with Gasteiger partial charge in [-0.1, -0.05) is 30.8 Å². The lowest BCUT2D eigenvalue weighted by atomic mass is 9.96. The van der Waals surface area contributed by atoms with Crippen molar-refractivity contribution in [2.45, 2.75) is 57.1 Å². The molecule has 31 heavy (non-hydrogen) atoms. The van der Waals surface area contributed by atoms with E-state index in [9.17, 15) is 14.9 Å². The zero-order valence-corrected chi connectivity index (χ0v) is 19.2. The molecular formula is C23H24N4O2S2. The Morgan fingerprint density at radius 1 is 1.35 bits per heavy atom. The Bertz CT molecular complexity index is 1240. The van der Waals surface area contributed by atoms with Gasteiger partial charge in [0.25, 0.3) is 5.56 Å². The first kappa shape index (κ1) is 21.6. The number of thioether (sulfide) groups is 1. The Kier molecular flexibility index (Phi) is 6.44. The van der Waals surface area contributed by atoms with E-state index in [0.29, 0.717) is 26.6 Å². The van der Waals surface area contributed by atoms with Crippen molar-refractivity contribution in [3.63, 3.8) is 0 Å². The number of aromatic nitrogens is 2. The summed E-state index contributed by atoms with van der Waals surface area (Å²) in [4.78, 5) is 31.7. The maximum atomic E-state index is 13.1. The molecule has 3 aromatic rings. The minimum absolute atomic E-state index is 0.0237. The van der Waals surface area contributed by atoms with Gasteiger partial charge in [-0.15, -0.1) is 11.3 Å². The third-order valence-electron chi connectivity index (χ3n) is 5.68. The summed E-state index contributed by atoms with van der Waals surface area (Å²) in [7, 11) is 0. The summed E-state index contributed by atoms with van der Waals surface area (Å²) in [6.07, 6.45) is 4.87. The molecule has 2 heterocycles. The van der Waals surface area contributed by atoms with Gasteiger partial charge in [0.1, 0.15) is 11.1 Å². The van der Waals surface area contributed by atoms with E-state index in [1.165, 1.54) is 28.0 Å². The largest absolute Gasteiger partial charge is 0.316 e. The van der Waals surface area contributed by atoms with Crippen LogP contribution in [-0.4, -0.2) is 21.2 Å². The SMILES string of the molecule is CCC(C)n1c(SCC(=O)Nc2sc3c(c2C#N)CCCC3)nc2ccccc2c1=O. The molecule has 8 heteroatoms. The fourth-order valence-electron chi connectivity index (χ4n) is 3.86. The summed E-state index contributed by atoms with van der Waals surface area (Å²) in [6, 6.07) is 9.54. The molecule has 1 unspecified atom stereocenters. The number of nitrogens with one attached hydrogen (secondary N) is 1. The van der Waals surface area contributed by atoms with Crippen LogP contribution >= 0.6 is 23.1 Å². The molecule has 1 aliphatic rings. The van der Waals surface area contributed by atoms with Gasteiger partial charge in [0.2, 0.25) is 5.91 Å². The molecule has 1 atom stereocenters. The van der Waals surface area contributed by atoms with E-state index < -0.39 is 0 Å². The summed E-state index contributed by atoms with van der Waals surface area (Å²) in [5, 5.41) is 14.3. The minimum Gasteiger partial charge on any atom is -0.316 e. The second-order valence-electron chi connectivity index (χ2n) is 7.71. The van der Waals surface area contributed by atoms with Crippen molar-refractivity contribution >= 4 is 44.9 Å². The lowest BCUT2D eigenvalue weighted by Crippen LogP contribution is -2.26. The Labute approximate surface area is 189 Å². The van der Waals surface area contributed by atoms with Crippen LogP contribution in [0.4, 0.5) is 5.00 Å². The maximum absolute atomic E-state index is 13.1. The quantitative estimate of drug-likeness (QED) is 0.424. The van der Waals surface area contributed by atoms with Gasteiger partial charge in [0.15, 0.2) is 5.16 Å². The first-order chi connectivity index (χ1) is 15.0.